The van der Waals surface area contributed by atoms with Crippen LogP contribution in [0.2, 0.25) is 0 Å². The van der Waals surface area contributed by atoms with Gasteiger partial charge in [-0.05, 0) is 45.9 Å². The van der Waals surface area contributed by atoms with Gasteiger partial charge in [-0.3, -0.25) is 4.90 Å². The van der Waals surface area contributed by atoms with Gasteiger partial charge in [0, 0.05) is 24.0 Å². The van der Waals surface area contributed by atoms with Crippen molar-refractivity contribution in [3.8, 4) is 0 Å². The lowest BCUT2D eigenvalue weighted by molar-refractivity contribution is 0.126. The quantitative estimate of drug-likeness (QED) is 0.780. The topological polar surface area (TPSA) is 19.0 Å². The highest BCUT2D eigenvalue weighted by atomic mass is 15.2. The van der Waals surface area contributed by atoms with Crippen molar-refractivity contribution >= 4 is 0 Å². The molecule has 0 saturated heterocycles. The summed E-state index contributed by atoms with van der Waals surface area (Å²) in [6.07, 6.45) is 3.19. The van der Waals surface area contributed by atoms with E-state index in [1.54, 1.807) is 0 Å². The normalized spacial score (nSPS) is 12.4. The summed E-state index contributed by atoms with van der Waals surface area (Å²) in [5.41, 5.74) is 1.55. The van der Waals surface area contributed by atoms with Crippen LogP contribution in [0.15, 0.2) is 18.3 Å². The third-order valence-electron chi connectivity index (χ3n) is 2.47. The molecule has 0 saturated carbocycles. The lowest BCUT2D eigenvalue weighted by Crippen LogP contribution is -2.41. The molecule has 0 aromatic carbocycles. The van der Waals surface area contributed by atoms with Crippen LogP contribution in [-0.2, 0) is 6.54 Å². The van der Waals surface area contributed by atoms with E-state index < -0.39 is 0 Å². The van der Waals surface area contributed by atoms with E-state index in [0.29, 0.717) is 0 Å². The van der Waals surface area contributed by atoms with Crippen molar-refractivity contribution in [2.45, 2.75) is 46.2 Å². The fourth-order valence-electron chi connectivity index (χ4n) is 1.59. The first-order valence-corrected chi connectivity index (χ1v) is 5.41. The van der Waals surface area contributed by atoms with Gasteiger partial charge in [-0.2, -0.15) is 0 Å². The molecule has 80 valence electrons. The van der Waals surface area contributed by atoms with Gasteiger partial charge in [0.1, 0.15) is 0 Å². The summed E-state index contributed by atoms with van der Waals surface area (Å²) >= 11 is 0. The number of aromatic nitrogens is 1. The van der Waals surface area contributed by atoms with Crippen LogP contribution >= 0.6 is 0 Å². The van der Waals surface area contributed by atoms with Gasteiger partial charge in [-0.15, -0.1) is 0 Å². The Morgan fingerprint density at radius 1 is 1.36 bits per heavy atom. The summed E-state index contributed by atoms with van der Waals surface area (Å²) in [6, 6.07) is 4.20. The first-order chi connectivity index (χ1) is 6.54. The number of nitrogens with zero attached hydrogens (tertiary/aromatic N) is 1. The molecule has 0 atom stereocenters. The largest absolute Gasteiger partial charge is 0.364 e. The Bertz CT molecular complexity index is 244. The minimum absolute atomic E-state index is 0.251. The van der Waals surface area contributed by atoms with Crippen LogP contribution in [0.4, 0.5) is 0 Å². The molecule has 1 aromatic rings. The van der Waals surface area contributed by atoms with Gasteiger partial charge in [0.2, 0.25) is 0 Å². The maximum Gasteiger partial charge on any atom is 0.0390 e. The van der Waals surface area contributed by atoms with Gasteiger partial charge >= 0.3 is 0 Å². The number of hydrogen-bond acceptors (Lipinski definition) is 1. The zero-order valence-corrected chi connectivity index (χ0v) is 9.80. The highest BCUT2D eigenvalue weighted by Gasteiger charge is 2.20. The monoisotopic (exact) mass is 194 g/mol. The zero-order chi connectivity index (χ0) is 10.6. The van der Waals surface area contributed by atoms with Crippen LogP contribution in [0.3, 0.4) is 0 Å². The molecule has 0 bridgehead atoms. The summed E-state index contributed by atoms with van der Waals surface area (Å²) in [5, 5.41) is 0. The Kier molecular flexibility index (Phi) is 3.76. The second-order valence-electron chi connectivity index (χ2n) is 4.79. The van der Waals surface area contributed by atoms with Crippen molar-refractivity contribution < 1.29 is 0 Å². The molecule has 1 aromatic heterocycles. The summed E-state index contributed by atoms with van der Waals surface area (Å²) < 4.78 is 0. The number of hydrogen-bond donors (Lipinski definition) is 1. The van der Waals surface area contributed by atoms with Crippen LogP contribution in [0.1, 0.15) is 39.8 Å². The molecule has 0 unspecified atom stereocenters. The predicted octanol–water partition coefficient (Wildman–Crippen LogP) is 3.03. The number of nitrogens with one attached hydrogen (secondary N) is 1. The van der Waals surface area contributed by atoms with Crippen LogP contribution in [0.25, 0.3) is 0 Å². The SMILES string of the molecule is CCCN(Cc1ccc[nH]1)C(C)(C)C. The summed E-state index contributed by atoms with van der Waals surface area (Å²) in [6.45, 7) is 11.2. The average Bonchev–Trinajstić information content (AvgIpc) is 2.54. The molecule has 0 radical (unpaired) electrons. The zero-order valence-electron chi connectivity index (χ0n) is 9.80. The molecular formula is C12H22N2. The van der Waals surface area contributed by atoms with E-state index in [1.807, 2.05) is 6.20 Å². The van der Waals surface area contributed by atoms with Gasteiger partial charge in [0.05, 0.1) is 0 Å². The smallest absolute Gasteiger partial charge is 0.0390 e. The molecule has 0 aliphatic heterocycles. The van der Waals surface area contributed by atoms with Crippen LogP contribution in [0, 0.1) is 0 Å². The molecule has 0 aliphatic carbocycles. The van der Waals surface area contributed by atoms with Gasteiger partial charge in [-0.1, -0.05) is 6.92 Å². The van der Waals surface area contributed by atoms with Crippen molar-refractivity contribution in [3.63, 3.8) is 0 Å². The van der Waals surface area contributed by atoms with E-state index in [0.717, 1.165) is 13.1 Å². The molecule has 1 N–H and O–H groups in total. The minimum atomic E-state index is 0.251. The third-order valence-corrected chi connectivity index (χ3v) is 2.47. The van der Waals surface area contributed by atoms with E-state index in [-0.39, 0.29) is 5.54 Å². The Morgan fingerprint density at radius 3 is 2.50 bits per heavy atom. The summed E-state index contributed by atoms with van der Waals surface area (Å²) in [7, 11) is 0. The molecule has 0 spiro atoms. The fraction of sp³-hybridized carbons (Fsp3) is 0.667. The lowest BCUT2D eigenvalue weighted by atomic mass is 10.1. The van der Waals surface area contributed by atoms with E-state index >= 15 is 0 Å². The molecule has 2 nitrogen and oxygen atoms in total. The second-order valence-corrected chi connectivity index (χ2v) is 4.79. The van der Waals surface area contributed by atoms with E-state index in [4.69, 9.17) is 0 Å². The van der Waals surface area contributed by atoms with E-state index in [1.165, 1.54) is 12.1 Å². The Labute approximate surface area is 87.3 Å². The standard InChI is InChI=1S/C12H22N2/c1-5-9-14(12(2,3)4)10-11-7-6-8-13-11/h6-8,13H,5,9-10H2,1-4H3. The maximum atomic E-state index is 3.26. The molecule has 1 rings (SSSR count). The Balaban J connectivity index is 2.60. The number of aromatic amines is 1. The summed E-state index contributed by atoms with van der Waals surface area (Å²) in [4.78, 5) is 5.76. The number of rotatable bonds is 4. The predicted molar refractivity (Wildman–Crippen MR) is 61.2 cm³/mol. The first kappa shape index (κ1) is 11.3. The molecule has 0 fully saturated rings. The maximum absolute atomic E-state index is 3.26. The van der Waals surface area contributed by atoms with Gasteiger partial charge in [0.25, 0.3) is 0 Å². The van der Waals surface area contributed by atoms with Crippen molar-refractivity contribution in [2.75, 3.05) is 6.54 Å². The van der Waals surface area contributed by atoms with Crippen molar-refractivity contribution in [1.29, 1.82) is 0 Å². The lowest BCUT2D eigenvalue weighted by Gasteiger charge is -2.35. The van der Waals surface area contributed by atoms with Crippen molar-refractivity contribution in [2.24, 2.45) is 0 Å². The van der Waals surface area contributed by atoms with Crippen molar-refractivity contribution in [1.82, 2.24) is 9.88 Å². The third kappa shape index (κ3) is 3.18. The Morgan fingerprint density at radius 2 is 2.07 bits per heavy atom. The molecule has 2 heteroatoms. The minimum Gasteiger partial charge on any atom is -0.364 e. The van der Waals surface area contributed by atoms with E-state index in [2.05, 4.69) is 49.7 Å². The van der Waals surface area contributed by atoms with Gasteiger partial charge in [-0.25, -0.2) is 0 Å². The Hall–Kier alpha value is -0.760. The second kappa shape index (κ2) is 4.65. The highest BCUT2D eigenvalue weighted by molar-refractivity contribution is 5.04. The van der Waals surface area contributed by atoms with Gasteiger partial charge < -0.3 is 4.98 Å². The number of H-pyrrole nitrogens is 1. The molecule has 0 aliphatic rings. The molecular weight excluding hydrogens is 172 g/mol. The molecule has 1 heterocycles. The van der Waals surface area contributed by atoms with Crippen molar-refractivity contribution in [3.05, 3.63) is 24.0 Å². The fourth-order valence-corrected chi connectivity index (χ4v) is 1.59. The molecule has 0 amide bonds. The molecule has 14 heavy (non-hydrogen) atoms. The van der Waals surface area contributed by atoms with Crippen LogP contribution < -0.4 is 0 Å². The van der Waals surface area contributed by atoms with Crippen LogP contribution in [-0.4, -0.2) is 22.0 Å². The van der Waals surface area contributed by atoms with E-state index in [9.17, 15) is 0 Å². The highest BCUT2D eigenvalue weighted by Crippen LogP contribution is 2.16. The summed E-state index contributed by atoms with van der Waals surface area (Å²) in [5.74, 6) is 0. The van der Waals surface area contributed by atoms with Gasteiger partial charge in [0.15, 0.2) is 0 Å². The van der Waals surface area contributed by atoms with Crippen LogP contribution in [0.5, 0.6) is 0 Å². The average molecular weight is 194 g/mol. The first-order valence-electron chi connectivity index (χ1n) is 5.41.